The molecule has 1 saturated heterocycles. The van der Waals surface area contributed by atoms with E-state index in [2.05, 4.69) is 10.3 Å². The Labute approximate surface area is 125 Å². The third-order valence-corrected chi connectivity index (χ3v) is 7.03. The topological polar surface area (TPSA) is 99.3 Å². The van der Waals surface area contributed by atoms with Crippen molar-refractivity contribution in [3.8, 4) is 0 Å². The number of aromatic amines is 1. The number of nitrogens with one attached hydrogen (secondary N) is 2. The standard InChI is InChI=1S/C12H21N3O4S2/c1-2-13-9-11-8-12(10-14-11)21(18,19)15-4-3-6-20(16,17)7-5-15/h8,10,13-14H,2-7,9H2,1H3. The first-order valence-electron chi connectivity index (χ1n) is 6.94. The number of nitrogens with zero attached hydrogens (tertiary/aromatic N) is 1. The van der Waals surface area contributed by atoms with Crippen LogP contribution in [0.2, 0.25) is 0 Å². The highest BCUT2D eigenvalue weighted by atomic mass is 32.2. The zero-order valence-electron chi connectivity index (χ0n) is 12.0. The van der Waals surface area contributed by atoms with Crippen molar-refractivity contribution in [1.29, 1.82) is 0 Å². The van der Waals surface area contributed by atoms with Gasteiger partial charge in [0.15, 0.2) is 9.84 Å². The van der Waals surface area contributed by atoms with Crippen molar-refractivity contribution < 1.29 is 16.8 Å². The lowest BCUT2D eigenvalue weighted by Crippen LogP contribution is -2.33. The van der Waals surface area contributed by atoms with Gasteiger partial charge >= 0.3 is 0 Å². The number of hydrogen-bond donors (Lipinski definition) is 2. The number of sulfonamides is 1. The van der Waals surface area contributed by atoms with Gasteiger partial charge in [-0.15, -0.1) is 0 Å². The molecule has 0 atom stereocenters. The van der Waals surface area contributed by atoms with Gasteiger partial charge in [-0.2, -0.15) is 4.31 Å². The van der Waals surface area contributed by atoms with Crippen LogP contribution in [-0.4, -0.2) is 57.3 Å². The van der Waals surface area contributed by atoms with Crippen molar-refractivity contribution in [3.05, 3.63) is 18.0 Å². The Bertz CT molecular complexity index is 679. The fourth-order valence-corrected chi connectivity index (χ4v) is 5.12. The molecule has 0 unspecified atom stereocenters. The minimum absolute atomic E-state index is 0.0262. The molecule has 2 heterocycles. The maximum Gasteiger partial charge on any atom is 0.244 e. The van der Waals surface area contributed by atoms with Gasteiger partial charge in [0.05, 0.1) is 16.4 Å². The molecule has 21 heavy (non-hydrogen) atoms. The molecule has 9 heteroatoms. The van der Waals surface area contributed by atoms with Crippen molar-refractivity contribution in [3.63, 3.8) is 0 Å². The summed E-state index contributed by atoms with van der Waals surface area (Å²) in [6.45, 7) is 3.61. The fourth-order valence-electron chi connectivity index (χ4n) is 2.23. The van der Waals surface area contributed by atoms with Gasteiger partial charge in [0.1, 0.15) is 0 Å². The molecule has 1 fully saturated rings. The summed E-state index contributed by atoms with van der Waals surface area (Å²) in [7, 11) is -6.76. The van der Waals surface area contributed by atoms with E-state index >= 15 is 0 Å². The number of sulfone groups is 1. The first-order valence-corrected chi connectivity index (χ1v) is 10.2. The molecule has 1 aliphatic heterocycles. The van der Waals surface area contributed by atoms with Gasteiger partial charge in [-0.25, -0.2) is 16.8 Å². The predicted octanol–water partition coefficient (Wildman–Crippen LogP) is -0.0666. The molecule has 0 aliphatic carbocycles. The summed E-state index contributed by atoms with van der Waals surface area (Å²) in [6, 6.07) is 1.59. The maximum absolute atomic E-state index is 12.5. The van der Waals surface area contributed by atoms with Gasteiger partial charge < -0.3 is 10.3 Å². The summed E-state index contributed by atoms with van der Waals surface area (Å²) in [5.41, 5.74) is 0.790. The number of rotatable bonds is 5. The lowest BCUT2D eigenvalue weighted by atomic mass is 10.4. The third-order valence-electron chi connectivity index (χ3n) is 3.43. The van der Waals surface area contributed by atoms with Gasteiger partial charge in [-0.05, 0) is 19.0 Å². The zero-order chi connectivity index (χ0) is 15.5. The van der Waals surface area contributed by atoms with Crippen LogP contribution < -0.4 is 5.32 Å². The molecule has 2 N–H and O–H groups in total. The van der Waals surface area contributed by atoms with Gasteiger partial charge in [-0.1, -0.05) is 6.92 Å². The van der Waals surface area contributed by atoms with Crippen LogP contribution in [0.15, 0.2) is 17.2 Å². The molecule has 0 saturated carbocycles. The average Bonchev–Trinajstić information content (AvgIpc) is 2.81. The van der Waals surface area contributed by atoms with Crippen LogP contribution in [0.5, 0.6) is 0 Å². The Balaban J connectivity index is 2.15. The van der Waals surface area contributed by atoms with Gasteiger partial charge in [0, 0.05) is 31.5 Å². The van der Waals surface area contributed by atoms with Crippen molar-refractivity contribution in [1.82, 2.24) is 14.6 Å². The number of aromatic nitrogens is 1. The smallest absolute Gasteiger partial charge is 0.244 e. The number of H-pyrrole nitrogens is 1. The second-order valence-electron chi connectivity index (χ2n) is 5.05. The molecule has 1 aromatic rings. The second kappa shape index (κ2) is 6.47. The fraction of sp³-hybridized carbons (Fsp3) is 0.667. The second-order valence-corrected chi connectivity index (χ2v) is 9.29. The van der Waals surface area contributed by atoms with E-state index in [9.17, 15) is 16.8 Å². The van der Waals surface area contributed by atoms with Crippen LogP contribution in [0, 0.1) is 0 Å². The molecular formula is C12H21N3O4S2. The molecule has 0 amide bonds. The Morgan fingerprint density at radius 3 is 2.81 bits per heavy atom. The minimum Gasteiger partial charge on any atom is -0.363 e. The molecule has 1 aliphatic rings. The van der Waals surface area contributed by atoms with Gasteiger partial charge in [0.2, 0.25) is 10.0 Å². The summed E-state index contributed by atoms with van der Waals surface area (Å²) < 4.78 is 49.5. The monoisotopic (exact) mass is 335 g/mol. The van der Waals surface area contributed by atoms with Crippen LogP contribution in [0.4, 0.5) is 0 Å². The van der Waals surface area contributed by atoms with E-state index in [1.54, 1.807) is 6.07 Å². The Hall–Kier alpha value is -0.900. The Morgan fingerprint density at radius 1 is 1.33 bits per heavy atom. The van der Waals surface area contributed by atoms with E-state index in [4.69, 9.17) is 0 Å². The highest BCUT2D eigenvalue weighted by Crippen LogP contribution is 2.19. The van der Waals surface area contributed by atoms with E-state index < -0.39 is 19.9 Å². The minimum atomic E-state index is -3.63. The van der Waals surface area contributed by atoms with E-state index in [0.717, 1.165) is 12.2 Å². The van der Waals surface area contributed by atoms with Crippen molar-refractivity contribution in [2.45, 2.75) is 24.8 Å². The van der Waals surface area contributed by atoms with E-state index in [1.807, 2.05) is 6.92 Å². The summed E-state index contributed by atoms with van der Waals surface area (Å²) in [5.74, 6) is -0.0568. The van der Waals surface area contributed by atoms with Gasteiger partial charge in [0.25, 0.3) is 0 Å². The van der Waals surface area contributed by atoms with Gasteiger partial charge in [-0.3, -0.25) is 0 Å². The highest BCUT2D eigenvalue weighted by molar-refractivity contribution is 7.91. The maximum atomic E-state index is 12.5. The molecule has 0 radical (unpaired) electrons. The van der Waals surface area contributed by atoms with Crippen LogP contribution in [0.25, 0.3) is 0 Å². The molecule has 0 bridgehead atoms. The Morgan fingerprint density at radius 2 is 2.10 bits per heavy atom. The van der Waals surface area contributed by atoms with Crippen molar-refractivity contribution >= 4 is 19.9 Å². The quantitative estimate of drug-likeness (QED) is 0.785. The molecular weight excluding hydrogens is 314 g/mol. The lowest BCUT2D eigenvalue weighted by molar-refractivity contribution is 0.435. The normalized spacial score (nSPS) is 20.2. The van der Waals surface area contributed by atoms with E-state index in [-0.39, 0.29) is 29.5 Å². The van der Waals surface area contributed by atoms with Crippen LogP contribution in [0.1, 0.15) is 19.0 Å². The van der Waals surface area contributed by atoms with Crippen LogP contribution in [0.3, 0.4) is 0 Å². The molecule has 1 aromatic heterocycles. The summed E-state index contributed by atoms with van der Waals surface area (Å²) in [4.78, 5) is 3.12. The average molecular weight is 335 g/mol. The largest absolute Gasteiger partial charge is 0.363 e. The highest BCUT2D eigenvalue weighted by Gasteiger charge is 2.29. The van der Waals surface area contributed by atoms with Crippen molar-refractivity contribution in [2.75, 3.05) is 31.1 Å². The summed E-state index contributed by atoms with van der Waals surface area (Å²) in [5, 5.41) is 3.11. The van der Waals surface area contributed by atoms with E-state index in [0.29, 0.717) is 13.0 Å². The van der Waals surface area contributed by atoms with Crippen LogP contribution >= 0.6 is 0 Å². The molecule has 120 valence electrons. The summed E-state index contributed by atoms with van der Waals surface area (Å²) in [6.07, 6.45) is 1.80. The Kier molecular flexibility index (Phi) is 5.07. The first-order chi connectivity index (χ1) is 9.85. The molecule has 0 aromatic carbocycles. The molecule has 7 nitrogen and oxygen atoms in total. The third kappa shape index (κ3) is 4.06. The lowest BCUT2D eigenvalue weighted by Gasteiger charge is -2.18. The number of hydrogen-bond acceptors (Lipinski definition) is 5. The van der Waals surface area contributed by atoms with Crippen molar-refractivity contribution in [2.24, 2.45) is 0 Å². The SMILES string of the molecule is CCNCc1cc(S(=O)(=O)N2CCCS(=O)(=O)CC2)c[nH]1. The first kappa shape index (κ1) is 16.5. The molecule has 2 rings (SSSR count). The molecule has 0 spiro atoms. The van der Waals surface area contributed by atoms with E-state index in [1.165, 1.54) is 10.5 Å². The zero-order valence-corrected chi connectivity index (χ0v) is 13.6. The summed E-state index contributed by atoms with van der Waals surface area (Å²) >= 11 is 0. The predicted molar refractivity (Wildman–Crippen MR) is 80.2 cm³/mol. The van der Waals surface area contributed by atoms with Crippen LogP contribution in [-0.2, 0) is 26.4 Å².